The average molecular weight is 2010 g/mol. The van der Waals surface area contributed by atoms with Crippen molar-refractivity contribution in [2.24, 2.45) is 0 Å². The molecule has 4 amide bonds. The van der Waals surface area contributed by atoms with Crippen molar-refractivity contribution in [3.8, 4) is 0 Å². The fourth-order valence-electron chi connectivity index (χ4n) is 11.1. The predicted molar refractivity (Wildman–Crippen MR) is 441 cm³/mol. The van der Waals surface area contributed by atoms with Crippen LogP contribution in [0.1, 0.15) is 20.1 Å². The van der Waals surface area contributed by atoms with Gasteiger partial charge in [0.15, 0.2) is 5.11 Å². The van der Waals surface area contributed by atoms with Gasteiger partial charge in [-0.25, -0.2) is 0 Å². The molecule has 0 atom stereocenters. The number of fused-ring (bicyclic) bond motifs is 8. The number of halogens is 1. The quantitative estimate of drug-likeness (QED) is 0.0341. The molecule has 0 bridgehead atoms. The number of hydrogen-bond donors (Lipinski definition) is 1. The van der Waals surface area contributed by atoms with Crippen molar-refractivity contribution in [2.45, 2.75) is 6.42 Å². The van der Waals surface area contributed by atoms with E-state index in [1.807, 2.05) is 12.1 Å². The maximum absolute atomic E-state index is 12.7. The topological polar surface area (TPSA) is 120 Å². The van der Waals surface area contributed by atoms with E-state index in [2.05, 4.69) is 283 Å². The number of carbonyl (C=O) groups excluding carboxylic acids is 5. The van der Waals surface area contributed by atoms with Crippen LogP contribution in [0.2, 0.25) is 0 Å². The summed E-state index contributed by atoms with van der Waals surface area (Å²) in [5.74, 6) is -1.18. The minimum atomic E-state index is -0.352. The van der Waals surface area contributed by atoms with Gasteiger partial charge >= 0.3 is 605 Å². The van der Waals surface area contributed by atoms with Crippen LogP contribution in [0.4, 0.5) is 59.2 Å². The summed E-state index contributed by atoms with van der Waals surface area (Å²) in [7, 11) is 6.33. The van der Waals surface area contributed by atoms with Crippen LogP contribution in [-0.2, 0) is 19.2 Å². The molecule has 0 aliphatic carbocycles. The molecule has 102 heavy (non-hydrogen) atoms. The Balaban J connectivity index is 0.000000116. The third-order valence-electron chi connectivity index (χ3n) is 16.1. The van der Waals surface area contributed by atoms with Gasteiger partial charge in [-0.05, 0) is 12.2 Å². The van der Waals surface area contributed by atoms with E-state index in [1.165, 1.54) is 117 Å². The summed E-state index contributed by atoms with van der Waals surface area (Å²) in [4.78, 5) is 75.2. The molecule has 24 heteroatoms. The van der Waals surface area contributed by atoms with Crippen molar-refractivity contribution in [1.82, 2.24) is 19.6 Å². The van der Waals surface area contributed by atoms with Crippen molar-refractivity contribution < 1.29 is 24.0 Å². The summed E-state index contributed by atoms with van der Waals surface area (Å²) in [6, 6.07) is 85.8. The number of amides is 4. The van der Waals surface area contributed by atoms with Gasteiger partial charge < -0.3 is 0 Å². The molecular weight excluding hydrogens is 1950 g/mol. The number of nitrogens with zero attached hydrogens (tertiary/aromatic N) is 7. The van der Waals surface area contributed by atoms with E-state index in [9.17, 15) is 24.0 Å². The van der Waals surface area contributed by atoms with Crippen LogP contribution in [-0.4, -0.2) is 206 Å². The summed E-state index contributed by atoms with van der Waals surface area (Å²) >= 11 is 15.0. The molecule has 2 fully saturated rings. The number of anilines is 11. The summed E-state index contributed by atoms with van der Waals surface area (Å²) in [6.07, 6.45) is 2.64. The number of nitrogens with one attached hydrogen (secondary N) is 1. The second kappa shape index (κ2) is 34.0. The molecule has 0 saturated carbocycles. The number of para-hydroxylation sites is 8. The monoisotopic (exact) mass is 2020 g/mol. The Bertz CT molecular complexity index is 4910. The molecule has 1 N–H and O–H groups in total. The van der Waals surface area contributed by atoms with Crippen molar-refractivity contribution in [2.75, 3.05) is 48.2 Å². The zero-order valence-electron chi connectivity index (χ0n) is 54.7. The summed E-state index contributed by atoms with van der Waals surface area (Å²) in [5.41, 5.74) is 10.4. The first-order valence-corrected chi connectivity index (χ1v) is 47.4. The van der Waals surface area contributed by atoms with Crippen LogP contribution < -0.4 is 55.7 Å². The average Bonchev–Trinajstić information content (AvgIpc) is 1.39. The summed E-state index contributed by atoms with van der Waals surface area (Å²) in [5, 5.41) is 3.95. The predicted octanol–water partition coefficient (Wildman–Crippen LogP) is 8.30. The van der Waals surface area contributed by atoms with Crippen LogP contribution in [0.3, 0.4) is 0 Å². The zero-order valence-corrected chi connectivity index (χ0v) is 72.2. The van der Waals surface area contributed by atoms with Gasteiger partial charge in [-0.15, -0.1) is 0 Å². The second-order valence-corrected chi connectivity index (χ2v) is 43.8. The second-order valence-electron chi connectivity index (χ2n) is 22.6. The molecule has 8 aromatic carbocycles. The minimum absolute atomic E-state index is 0.0484. The van der Waals surface area contributed by atoms with Gasteiger partial charge in [0.2, 0.25) is 11.8 Å². The fourth-order valence-corrected chi connectivity index (χ4v) is 27.5. The molecule has 6 aliphatic heterocycles. The van der Waals surface area contributed by atoms with Crippen LogP contribution in [0.25, 0.3) is 6.08 Å². The first kappa shape index (κ1) is 73.5. The van der Waals surface area contributed by atoms with Crippen molar-refractivity contribution >= 4 is 306 Å². The first-order chi connectivity index (χ1) is 49.6. The molecule has 4 aromatic heterocycles. The van der Waals surface area contributed by atoms with Gasteiger partial charge in [-0.1, -0.05) is 0 Å². The number of hydrogen-bond acceptors (Lipinski definition) is 11. The third-order valence-corrected chi connectivity index (χ3v) is 35.8. The maximum atomic E-state index is 12.7. The molecule has 0 radical (unpaired) electrons. The van der Waals surface area contributed by atoms with Gasteiger partial charge in [0.1, 0.15) is 6.42 Å². The Kier molecular flexibility index (Phi) is 24.5. The molecule has 10 heterocycles. The summed E-state index contributed by atoms with van der Waals surface area (Å²) in [6.45, 7) is 0. The molecule has 6 aliphatic rings. The third kappa shape index (κ3) is 16.5. The molecule has 12 aromatic rings. The summed E-state index contributed by atoms with van der Waals surface area (Å²) < 4.78 is 18.6. The Labute approximate surface area is 665 Å². The van der Waals surface area contributed by atoms with Gasteiger partial charge in [-0.3, -0.25) is 19.4 Å². The van der Waals surface area contributed by atoms with E-state index >= 15 is 0 Å². The van der Waals surface area contributed by atoms with Crippen LogP contribution in [0.15, 0.2) is 258 Å². The van der Waals surface area contributed by atoms with E-state index in [4.69, 9.17) is 24.4 Å². The molecular formula is C78H59IN8O5S2Se8. The van der Waals surface area contributed by atoms with Crippen LogP contribution >= 0.6 is 47.0 Å². The number of aldehydes is 1. The zero-order chi connectivity index (χ0) is 71.0. The van der Waals surface area contributed by atoms with E-state index in [0.29, 0.717) is 73.9 Å². The van der Waals surface area contributed by atoms with Gasteiger partial charge in [-0.2, -0.15) is 0 Å². The standard InChI is InChI=1S/C23H17N3O2SSe2.C17H11NOSe2.C16H11NSe2.C12H9NSe.C6H8N2O2S.C4H3ISe/c1-24-21(27)15(22(28)25(2)23(24)29)13-14-11-12-20(30-14)26-16-7-3-5-9-18(16)31-19-10-6-4-8-17(19)26;19-11-12-9-10-17(20-12)18-13-5-1-3-7-15(13)21-16-8-4-2-6-14(16)18;1-3-8-14-12(6-1)17(16-10-5-11-18-16)13-7-2-4-9-15(13)19-14;1-3-7-11-9(5-1)13-10-6-2-4-8-12(10)14-11;1-7-4(9)3-5(10)8(2)6(7)11;5-4-2-1-3-6-4/h3-13H,1-2H3;1-11H;1-11H;1-8,13H;3H2,1-2H3;1-3H. The normalized spacial score (nSPS) is 14.2. The SMILES string of the molecule is CN1C(=O)C(=Cc2ccc(N3c4ccccc4[Se]c4ccccc43)[se]2)C(=O)N(C)C1=S.CN1C(=O)CC(=O)N(C)C1=S.Ic1ccc[se]1.O=Cc1ccc(N2c3ccccc3[Se]c3ccccc32)[se]1.c1c[se]c(N2c3ccccc3[Se]c3ccccc32)c1.c1ccc2c(c1)Nc1ccccc1[Se]2. The number of benzene rings is 8. The molecule has 13 nitrogen and oxygen atoms in total. The Morgan fingerprint density at radius 3 is 1.06 bits per heavy atom. The van der Waals surface area contributed by atoms with Gasteiger partial charge in [0, 0.05) is 14.1 Å². The van der Waals surface area contributed by atoms with E-state index < -0.39 is 0 Å². The van der Waals surface area contributed by atoms with Crippen molar-refractivity contribution in [3.63, 3.8) is 0 Å². The molecule has 2 saturated heterocycles. The molecule has 18 rings (SSSR count). The van der Waals surface area contributed by atoms with Crippen molar-refractivity contribution in [3.05, 3.63) is 269 Å². The molecule has 0 spiro atoms. The van der Waals surface area contributed by atoms with E-state index in [0.717, 1.165) is 15.2 Å². The number of likely N-dealkylation sites (N-methyl/N-ethyl adjacent to an activating group) is 2. The van der Waals surface area contributed by atoms with Gasteiger partial charge in [0.25, 0.3) is 0 Å². The van der Waals surface area contributed by atoms with Gasteiger partial charge in [0.05, 0.1) is 0 Å². The van der Waals surface area contributed by atoms with E-state index in [-0.39, 0.29) is 89.8 Å². The fraction of sp³-hybridized carbons (Fsp3) is 0.0641. The van der Waals surface area contributed by atoms with E-state index in [1.54, 1.807) is 34.3 Å². The Hall–Kier alpha value is -6.76. The van der Waals surface area contributed by atoms with Crippen LogP contribution in [0, 0.1) is 2.44 Å². The number of carbonyl (C=O) groups is 5. The van der Waals surface area contributed by atoms with Crippen LogP contribution in [0.5, 0.6) is 0 Å². The number of thiocarbonyl (C=S) groups is 2. The molecule has 0 unspecified atom stereocenters. The number of rotatable bonds is 5. The molecule has 508 valence electrons. The first-order valence-electron chi connectivity index (χ1n) is 31.5. The Morgan fingerprint density at radius 2 is 0.706 bits per heavy atom. The van der Waals surface area contributed by atoms with Crippen molar-refractivity contribution in [1.29, 1.82) is 0 Å². The Morgan fingerprint density at radius 1 is 0.373 bits per heavy atom.